The molecule has 0 aliphatic carbocycles. The molecule has 0 amide bonds. The van der Waals surface area contributed by atoms with E-state index in [1.165, 1.54) is 0 Å². The van der Waals surface area contributed by atoms with E-state index in [2.05, 4.69) is 13.8 Å². The van der Waals surface area contributed by atoms with Gasteiger partial charge >= 0.3 is 11.9 Å². The van der Waals surface area contributed by atoms with Crippen molar-refractivity contribution < 1.29 is 19.1 Å². The molecule has 120 valence electrons. The van der Waals surface area contributed by atoms with E-state index in [1.54, 1.807) is 43.3 Å². The molecule has 0 heterocycles. The van der Waals surface area contributed by atoms with Gasteiger partial charge in [0.25, 0.3) is 0 Å². The molecule has 4 heteroatoms. The summed E-state index contributed by atoms with van der Waals surface area (Å²) in [5.41, 5.74) is 1.56. The molecule has 0 aliphatic heterocycles. The Bertz CT molecular complexity index is 687. The maximum atomic E-state index is 12.3. The number of ether oxygens (including phenoxy) is 2. The monoisotopic (exact) mass is 312 g/mol. The summed E-state index contributed by atoms with van der Waals surface area (Å²) in [6.07, 6.45) is 0. The second-order valence-corrected chi connectivity index (χ2v) is 5.38. The Morgan fingerprint density at radius 2 is 1.48 bits per heavy atom. The molecule has 0 atom stereocenters. The van der Waals surface area contributed by atoms with E-state index in [9.17, 15) is 9.59 Å². The van der Waals surface area contributed by atoms with Crippen LogP contribution in [0.1, 0.15) is 53.0 Å². The third kappa shape index (κ3) is 4.19. The minimum atomic E-state index is -0.578. The number of carbonyl (C=O) groups excluding carboxylic acids is 2. The Hall–Kier alpha value is -2.62. The Morgan fingerprint density at radius 1 is 0.913 bits per heavy atom. The van der Waals surface area contributed by atoms with Crippen LogP contribution < -0.4 is 4.74 Å². The molecule has 0 saturated heterocycles. The lowest BCUT2D eigenvalue weighted by atomic mass is 10.0. The maximum Gasteiger partial charge on any atom is 0.344 e. The Balaban J connectivity index is 2.19. The summed E-state index contributed by atoms with van der Waals surface area (Å²) in [5.74, 6) is -0.261. The van der Waals surface area contributed by atoms with Crippen LogP contribution in [0.5, 0.6) is 5.75 Å². The van der Waals surface area contributed by atoms with Crippen molar-refractivity contribution in [1.29, 1.82) is 0 Å². The number of rotatable bonds is 5. The minimum absolute atomic E-state index is 0.193. The Kier molecular flexibility index (Phi) is 5.52. The summed E-state index contributed by atoms with van der Waals surface area (Å²) >= 11 is 0. The third-order valence-electron chi connectivity index (χ3n) is 3.40. The number of carbonyl (C=O) groups is 2. The zero-order valence-corrected chi connectivity index (χ0v) is 13.5. The fraction of sp³-hybridized carbons (Fsp3) is 0.263. The zero-order chi connectivity index (χ0) is 16.8. The van der Waals surface area contributed by atoms with Crippen molar-refractivity contribution >= 4 is 11.9 Å². The van der Waals surface area contributed by atoms with E-state index < -0.39 is 11.9 Å². The summed E-state index contributed by atoms with van der Waals surface area (Å²) < 4.78 is 10.3. The molecule has 0 aromatic heterocycles. The van der Waals surface area contributed by atoms with Crippen molar-refractivity contribution in [2.24, 2.45) is 0 Å². The highest BCUT2D eigenvalue weighted by molar-refractivity contribution is 6.03. The van der Waals surface area contributed by atoms with Gasteiger partial charge in [-0.25, -0.2) is 9.59 Å². The van der Waals surface area contributed by atoms with Crippen molar-refractivity contribution in [2.45, 2.75) is 26.7 Å². The zero-order valence-electron chi connectivity index (χ0n) is 13.5. The quantitative estimate of drug-likeness (QED) is 0.613. The molecule has 0 radical (unpaired) electrons. The molecular weight excluding hydrogens is 292 g/mol. The van der Waals surface area contributed by atoms with E-state index in [4.69, 9.17) is 9.47 Å². The molecule has 0 unspecified atom stereocenters. The Labute approximate surface area is 136 Å². The van der Waals surface area contributed by atoms with Gasteiger partial charge in [-0.1, -0.05) is 38.1 Å². The van der Waals surface area contributed by atoms with Gasteiger partial charge < -0.3 is 9.47 Å². The predicted molar refractivity (Wildman–Crippen MR) is 87.9 cm³/mol. The third-order valence-corrected chi connectivity index (χ3v) is 3.40. The molecule has 0 saturated carbocycles. The van der Waals surface area contributed by atoms with Crippen LogP contribution in [0, 0.1) is 0 Å². The molecule has 4 nitrogen and oxygen atoms in total. The second kappa shape index (κ2) is 7.58. The lowest BCUT2D eigenvalue weighted by molar-refractivity contribution is 0.0517. The van der Waals surface area contributed by atoms with Crippen molar-refractivity contribution in [3.63, 3.8) is 0 Å². The van der Waals surface area contributed by atoms with E-state index in [0.717, 1.165) is 5.56 Å². The first-order valence-electron chi connectivity index (χ1n) is 7.61. The van der Waals surface area contributed by atoms with Crippen LogP contribution in [0.25, 0.3) is 0 Å². The van der Waals surface area contributed by atoms with Gasteiger partial charge in [0.2, 0.25) is 0 Å². The molecule has 0 aliphatic rings. The summed E-state index contributed by atoms with van der Waals surface area (Å²) in [4.78, 5) is 24.2. The van der Waals surface area contributed by atoms with Gasteiger partial charge in [0.15, 0.2) is 0 Å². The Morgan fingerprint density at radius 3 is 2.00 bits per heavy atom. The normalized spacial score (nSPS) is 10.4. The van der Waals surface area contributed by atoms with Gasteiger partial charge in [-0.2, -0.15) is 0 Å². The van der Waals surface area contributed by atoms with Crippen LogP contribution in [-0.2, 0) is 4.74 Å². The molecule has 2 rings (SSSR count). The maximum absolute atomic E-state index is 12.3. The molecule has 0 fully saturated rings. The van der Waals surface area contributed by atoms with Crippen molar-refractivity contribution in [2.75, 3.05) is 6.61 Å². The fourth-order valence-corrected chi connectivity index (χ4v) is 2.13. The molecule has 0 spiro atoms. The average molecular weight is 312 g/mol. The lowest BCUT2D eigenvalue weighted by Gasteiger charge is -2.10. The molecular formula is C19H20O4. The largest absolute Gasteiger partial charge is 0.462 e. The summed E-state index contributed by atoms with van der Waals surface area (Å²) in [5, 5.41) is 0. The lowest BCUT2D eigenvalue weighted by Crippen LogP contribution is -2.15. The highest BCUT2D eigenvalue weighted by atomic mass is 16.5. The van der Waals surface area contributed by atoms with E-state index in [0.29, 0.717) is 11.7 Å². The van der Waals surface area contributed by atoms with E-state index in [-0.39, 0.29) is 17.7 Å². The van der Waals surface area contributed by atoms with Crippen LogP contribution >= 0.6 is 0 Å². The molecule has 23 heavy (non-hydrogen) atoms. The fourth-order valence-electron chi connectivity index (χ4n) is 2.13. The van der Waals surface area contributed by atoms with Gasteiger partial charge in [-0.05, 0) is 42.7 Å². The number of benzene rings is 2. The predicted octanol–water partition coefficient (Wildman–Crippen LogP) is 4.21. The summed E-state index contributed by atoms with van der Waals surface area (Å²) in [6.45, 7) is 6.15. The summed E-state index contributed by atoms with van der Waals surface area (Å²) in [6, 6.07) is 13.8. The van der Waals surface area contributed by atoms with Crippen LogP contribution in [-0.4, -0.2) is 18.5 Å². The highest BCUT2D eigenvalue weighted by Crippen LogP contribution is 2.20. The van der Waals surface area contributed by atoms with Gasteiger partial charge in [0.1, 0.15) is 5.75 Å². The molecule has 0 bridgehead atoms. The smallest absolute Gasteiger partial charge is 0.344 e. The van der Waals surface area contributed by atoms with Gasteiger partial charge in [-0.3, -0.25) is 0 Å². The SMILES string of the molecule is CCOC(=O)c1ccccc1C(=O)Oc1ccc(C(C)C)cc1. The first-order chi connectivity index (χ1) is 11.0. The second-order valence-electron chi connectivity index (χ2n) is 5.38. The van der Waals surface area contributed by atoms with Crippen molar-refractivity contribution in [3.8, 4) is 5.75 Å². The average Bonchev–Trinajstić information content (AvgIpc) is 2.55. The van der Waals surface area contributed by atoms with Crippen LogP contribution in [0.3, 0.4) is 0 Å². The van der Waals surface area contributed by atoms with Crippen LogP contribution in [0.15, 0.2) is 48.5 Å². The van der Waals surface area contributed by atoms with E-state index in [1.807, 2.05) is 12.1 Å². The van der Waals surface area contributed by atoms with Crippen LogP contribution in [0.4, 0.5) is 0 Å². The van der Waals surface area contributed by atoms with E-state index >= 15 is 0 Å². The number of hydrogen-bond acceptors (Lipinski definition) is 4. The first-order valence-corrected chi connectivity index (χ1v) is 7.61. The molecule has 2 aromatic carbocycles. The number of esters is 2. The standard InChI is InChI=1S/C19H20O4/c1-4-22-18(20)16-7-5-6-8-17(16)19(21)23-15-11-9-14(10-12-15)13(2)3/h5-13H,4H2,1-3H3. The number of hydrogen-bond donors (Lipinski definition) is 0. The topological polar surface area (TPSA) is 52.6 Å². The van der Waals surface area contributed by atoms with Gasteiger partial charge in [-0.15, -0.1) is 0 Å². The molecule has 2 aromatic rings. The van der Waals surface area contributed by atoms with Crippen LogP contribution in [0.2, 0.25) is 0 Å². The highest BCUT2D eigenvalue weighted by Gasteiger charge is 2.19. The first kappa shape index (κ1) is 16.7. The summed E-state index contributed by atoms with van der Waals surface area (Å²) in [7, 11) is 0. The minimum Gasteiger partial charge on any atom is -0.462 e. The van der Waals surface area contributed by atoms with Crippen molar-refractivity contribution in [1.82, 2.24) is 0 Å². The van der Waals surface area contributed by atoms with Gasteiger partial charge in [0.05, 0.1) is 17.7 Å². The molecule has 0 N–H and O–H groups in total. The van der Waals surface area contributed by atoms with Gasteiger partial charge in [0, 0.05) is 0 Å². The van der Waals surface area contributed by atoms with Crippen molar-refractivity contribution in [3.05, 3.63) is 65.2 Å².